The summed E-state index contributed by atoms with van der Waals surface area (Å²) in [4.78, 5) is 33.9. The van der Waals surface area contributed by atoms with Gasteiger partial charge in [-0.2, -0.15) is 13.2 Å². The quantitative estimate of drug-likeness (QED) is 0.359. The highest BCUT2D eigenvalue weighted by molar-refractivity contribution is 5.96. The lowest BCUT2D eigenvalue weighted by Gasteiger charge is -2.20. The molecule has 0 aliphatic heterocycles. The number of rotatable bonds is 5. The van der Waals surface area contributed by atoms with Crippen molar-refractivity contribution in [1.29, 1.82) is 0 Å². The zero-order valence-electron chi connectivity index (χ0n) is 14.3. The summed E-state index contributed by atoms with van der Waals surface area (Å²) in [5, 5.41) is 12.7. The molecule has 1 aliphatic carbocycles. The molecule has 0 aromatic heterocycles. The molecule has 0 radical (unpaired) electrons. The lowest BCUT2D eigenvalue weighted by atomic mass is 9.95. The molecule has 1 aliphatic rings. The number of nitro benzene ring substituents is 1. The van der Waals surface area contributed by atoms with Crippen LogP contribution in [-0.2, 0) is 20.5 Å². The summed E-state index contributed by atoms with van der Waals surface area (Å²) in [6, 6.07) is 1.97. The first kappa shape index (κ1) is 20.4. The van der Waals surface area contributed by atoms with Crippen LogP contribution < -0.4 is 5.32 Å². The standard InChI is InChI=1S/C17H17F3N2O5/c1-10(27-16(24)11-5-3-2-4-6-11)15(23)21-14-8-7-12(22(25)26)9-13(14)17(18,19)20/h2-3,7-11H,4-6H2,1H3,(H,21,23). The van der Waals surface area contributed by atoms with E-state index in [9.17, 15) is 32.9 Å². The fraction of sp³-hybridized carbons (Fsp3) is 0.412. The number of hydrogen-bond acceptors (Lipinski definition) is 5. The van der Waals surface area contributed by atoms with E-state index >= 15 is 0 Å². The molecule has 27 heavy (non-hydrogen) atoms. The molecule has 1 aromatic carbocycles. The van der Waals surface area contributed by atoms with Crippen molar-refractivity contribution in [1.82, 2.24) is 0 Å². The van der Waals surface area contributed by atoms with Crippen LogP contribution in [0.5, 0.6) is 0 Å². The van der Waals surface area contributed by atoms with Crippen molar-refractivity contribution in [3.63, 3.8) is 0 Å². The van der Waals surface area contributed by atoms with Gasteiger partial charge in [-0.05, 0) is 32.3 Å². The number of ether oxygens (including phenoxy) is 1. The Balaban J connectivity index is 2.11. The number of non-ortho nitro benzene ring substituents is 1. The Morgan fingerprint density at radius 2 is 2.04 bits per heavy atom. The summed E-state index contributed by atoms with van der Waals surface area (Å²) in [7, 11) is 0. The molecular weight excluding hydrogens is 369 g/mol. The molecule has 10 heteroatoms. The van der Waals surface area contributed by atoms with E-state index in [1.54, 1.807) is 0 Å². The third-order valence-electron chi connectivity index (χ3n) is 4.04. The van der Waals surface area contributed by atoms with Gasteiger partial charge in [-0.15, -0.1) is 0 Å². The number of hydrogen-bond donors (Lipinski definition) is 1. The van der Waals surface area contributed by atoms with Crippen molar-refractivity contribution >= 4 is 23.3 Å². The zero-order chi connectivity index (χ0) is 20.2. The van der Waals surface area contributed by atoms with E-state index < -0.39 is 51.9 Å². The van der Waals surface area contributed by atoms with Gasteiger partial charge in [0.1, 0.15) is 0 Å². The molecule has 7 nitrogen and oxygen atoms in total. The third kappa shape index (κ3) is 5.28. The van der Waals surface area contributed by atoms with Crippen molar-refractivity contribution < 1.29 is 32.4 Å². The van der Waals surface area contributed by atoms with E-state index in [0.29, 0.717) is 25.3 Å². The second-order valence-corrected chi connectivity index (χ2v) is 6.03. The van der Waals surface area contributed by atoms with Crippen LogP contribution in [0.25, 0.3) is 0 Å². The average Bonchev–Trinajstić information content (AvgIpc) is 2.61. The molecule has 0 heterocycles. The van der Waals surface area contributed by atoms with Gasteiger partial charge in [0.15, 0.2) is 6.10 Å². The Morgan fingerprint density at radius 1 is 1.33 bits per heavy atom. The summed E-state index contributed by atoms with van der Waals surface area (Å²) in [5.41, 5.74) is -2.77. The normalized spacial score (nSPS) is 17.9. The van der Waals surface area contributed by atoms with Crippen LogP contribution in [-0.4, -0.2) is 22.9 Å². The van der Waals surface area contributed by atoms with E-state index in [-0.39, 0.29) is 0 Å². The highest BCUT2D eigenvalue weighted by Crippen LogP contribution is 2.37. The largest absolute Gasteiger partial charge is 0.452 e. The first-order chi connectivity index (χ1) is 12.6. The van der Waals surface area contributed by atoms with Gasteiger partial charge >= 0.3 is 12.1 Å². The molecule has 0 bridgehead atoms. The number of anilines is 1. The number of nitro groups is 1. The molecule has 0 saturated carbocycles. The van der Waals surface area contributed by atoms with Crippen molar-refractivity contribution in [3.05, 3.63) is 46.0 Å². The Labute approximate surface area is 152 Å². The molecule has 0 saturated heterocycles. The number of benzene rings is 1. The number of nitrogens with one attached hydrogen (secondary N) is 1. The summed E-state index contributed by atoms with van der Waals surface area (Å²) in [6.45, 7) is 1.24. The van der Waals surface area contributed by atoms with Crippen LogP contribution in [0.2, 0.25) is 0 Å². The number of carbonyl (C=O) groups is 2. The third-order valence-corrected chi connectivity index (χ3v) is 4.04. The molecule has 1 N–H and O–H groups in total. The summed E-state index contributed by atoms with van der Waals surface area (Å²) in [5.74, 6) is -1.95. The van der Waals surface area contributed by atoms with Gasteiger partial charge in [-0.25, -0.2) is 0 Å². The molecule has 0 spiro atoms. The van der Waals surface area contributed by atoms with E-state index in [1.165, 1.54) is 6.92 Å². The van der Waals surface area contributed by atoms with Gasteiger partial charge < -0.3 is 10.1 Å². The van der Waals surface area contributed by atoms with Gasteiger partial charge in [0.25, 0.3) is 11.6 Å². The summed E-state index contributed by atoms with van der Waals surface area (Å²) < 4.78 is 44.4. The first-order valence-electron chi connectivity index (χ1n) is 8.11. The maximum atomic E-state index is 13.1. The van der Waals surface area contributed by atoms with Crippen LogP contribution in [0.15, 0.2) is 30.4 Å². The number of esters is 1. The molecule has 146 valence electrons. The minimum atomic E-state index is -4.91. The van der Waals surface area contributed by atoms with Crippen LogP contribution in [0.1, 0.15) is 31.7 Å². The molecule has 1 aromatic rings. The lowest BCUT2D eigenvalue weighted by molar-refractivity contribution is -0.385. The van der Waals surface area contributed by atoms with Crippen molar-refractivity contribution in [2.75, 3.05) is 5.32 Å². The van der Waals surface area contributed by atoms with E-state index in [1.807, 2.05) is 17.5 Å². The molecular formula is C17H17F3N2O5. The van der Waals surface area contributed by atoms with Gasteiger partial charge in [0.05, 0.1) is 22.1 Å². The fourth-order valence-corrected chi connectivity index (χ4v) is 2.56. The maximum absolute atomic E-state index is 13.1. The Morgan fingerprint density at radius 3 is 2.59 bits per heavy atom. The number of alkyl halides is 3. The van der Waals surface area contributed by atoms with Crippen LogP contribution >= 0.6 is 0 Å². The minimum absolute atomic E-state index is 0.334. The second kappa shape index (κ2) is 8.19. The highest BCUT2D eigenvalue weighted by Gasteiger charge is 2.36. The lowest BCUT2D eigenvalue weighted by Crippen LogP contribution is -2.33. The fourth-order valence-electron chi connectivity index (χ4n) is 2.56. The maximum Gasteiger partial charge on any atom is 0.418 e. The molecule has 2 atom stereocenters. The van der Waals surface area contributed by atoms with Crippen molar-refractivity contribution in [2.45, 2.75) is 38.5 Å². The second-order valence-electron chi connectivity index (χ2n) is 6.03. The number of nitrogens with zero attached hydrogens (tertiary/aromatic N) is 1. The monoisotopic (exact) mass is 386 g/mol. The van der Waals surface area contributed by atoms with Crippen LogP contribution in [0.4, 0.5) is 24.5 Å². The van der Waals surface area contributed by atoms with Gasteiger partial charge in [-0.3, -0.25) is 19.7 Å². The predicted molar refractivity (Wildman–Crippen MR) is 88.8 cm³/mol. The highest BCUT2D eigenvalue weighted by atomic mass is 19.4. The average molecular weight is 386 g/mol. The summed E-state index contributed by atoms with van der Waals surface area (Å²) in [6.07, 6.45) is -0.724. The first-order valence-corrected chi connectivity index (χ1v) is 8.11. The number of amides is 1. The molecule has 2 rings (SSSR count). The van der Waals surface area contributed by atoms with Crippen molar-refractivity contribution in [3.8, 4) is 0 Å². The van der Waals surface area contributed by atoms with Crippen LogP contribution in [0, 0.1) is 16.0 Å². The van der Waals surface area contributed by atoms with E-state index in [2.05, 4.69) is 0 Å². The predicted octanol–water partition coefficient (Wildman–Crippen LogP) is 3.84. The number of allylic oxidation sites excluding steroid dienone is 2. The Hall–Kier alpha value is -2.91. The van der Waals surface area contributed by atoms with Gasteiger partial charge in [0, 0.05) is 12.1 Å². The minimum Gasteiger partial charge on any atom is -0.452 e. The Kier molecular flexibility index (Phi) is 6.19. The smallest absolute Gasteiger partial charge is 0.418 e. The van der Waals surface area contributed by atoms with Gasteiger partial charge in [0.2, 0.25) is 0 Å². The van der Waals surface area contributed by atoms with Crippen LogP contribution in [0.3, 0.4) is 0 Å². The SMILES string of the molecule is CC(OC(=O)C1CC=CCC1)C(=O)Nc1ccc([N+](=O)[O-])cc1C(F)(F)F. The number of carbonyl (C=O) groups excluding carboxylic acids is 2. The topological polar surface area (TPSA) is 98.5 Å². The number of halogens is 3. The molecule has 1 amide bonds. The molecule has 0 fully saturated rings. The molecule has 2 unspecified atom stereocenters. The zero-order valence-corrected chi connectivity index (χ0v) is 14.3. The van der Waals surface area contributed by atoms with Crippen molar-refractivity contribution in [2.24, 2.45) is 5.92 Å². The summed E-state index contributed by atoms with van der Waals surface area (Å²) >= 11 is 0. The van der Waals surface area contributed by atoms with E-state index in [4.69, 9.17) is 4.74 Å². The van der Waals surface area contributed by atoms with Gasteiger partial charge in [-0.1, -0.05) is 12.2 Å². The Bertz CT molecular complexity index is 776. The van der Waals surface area contributed by atoms with E-state index in [0.717, 1.165) is 12.1 Å².